The monoisotopic (exact) mass is 535 g/mol. The molecule has 2 N–H and O–H groups in total. The van der Waals surface area contributed by atoms with Gasteiger partial charge in [-0.15, -0.1) is 0 Å². The third kappa shape index (κ3) is 4.65. The highest BCUT2D eigenvalue weighted by Crippen LogP contribution is 2.27. The number of carbonyl (C=O) groups is 2. The van der Waals surface area contributed by atoms with Crippen LogP contribution in [0.3, 0.4) is 0 Å². The molecule has 3 aromatic heterocycles. The van der Waals surface area contributed by atoms with E-state index in [0.29, 0.717) is 35.6 Å². The van der Waals surface area contributed by atoms with E-state index in [2.05, 4.69) is 14.9 Å². The molecule has 2 aromatic carbocycles. The minimum atomic E-state index is -0.988. The summed E-state index contributed by atoms with van der Waals surface area (Å²) >= 11 is 0. The number of carboxylic acid groups (broad SMARTS) is 2. The molecule has 4 heterocycles. The van der Waals surface area contributed by atoms with Gasteiger partial charge in [0.2, 0.25) is 0 Å². The summed E-state index contributed by atoms with van der Waals surface area (Å²) in [6, 6.07) is 20.9. The average molecular weight is 536 g/mol. The molecule has 0 radical (unpaired) electrons. The maximum Gasteiger partial charge on any atom is 0.335 e. The summed E-state index contributed by atoms with van der Waals surface area (Å²) in [7, 11) is 0. The zero-order chi connectivity index (χ0) is 27.8. The minimum Gasteiger partial charge on any atom is -0.478 e. The summed E-state index contributed by atoms with van der Waals surface area (Å²) in [6.07, 6.45) is 3.94. The molecule has 5 aromatic rings. The number of benzene rings is 2. The molecule has 1 aliphatic heterocycles. The van der Waals surface area contributed by atoms with Crippen molar-refractivity contribution in [3.63, 3.8) is 0 Å². The SMILES string of the molecule is O=C(O)c1ccc(-c2ccc(-n3c(=O)n(C4CCN(Cc5cc(C(=O)O)ccn5)C4)c4ncccc43)cc2)cc1. The zero-order valence-electron chi connectivity index (χ0n) is 21.3. The first-order chi connectivity index (χ1) is 19.4. The molecule has 10 nitrogen and oxygen atoms in total. The Morgan fingerprint density at radius 2 is 1.55 bits per heavy atom. The Bertz CT molecular complexity index is 1790. The summed E-state index contributed by atoms with van der Waals surface area (Å²) in [6.45, 7) is 1.85. The van der Waals surface area contributed by atoms with Crippen LogP contribution in [0.25, 0.3) is 28.0 Å². The van der Waals surface area contributed by atoms with Crippen LogP contribution < -0.4 is 5.69 Å². The van der Waals surface area contributed by atoms with Gasteiger partial charge in [0.1, 0.15) is 0 Å². The van der Waals surface area contributed by atoms with Crippen molar-refractivity contribution < 1.29 is 19.8 Å². The highest BCUT2D eigenvalue weighted by atomic mass is 16.4. The highest BCUT2D eigenvalue weighted by Gasteiger charge is 2.29. The Balaban J connectivity index is 1.28. The summed E-state index contributed by atoms with van der Waals surface area (Å²) in [5.41, 5.74) is 4.73. The van der Waals surface area contributed by atoms with Crippen LogP contribution >= 0.6 is 0 Å². The van der Waals surface area contributed by atoms with E-state index in [9.17, 15) is 19.5 Å². The summed E-state index contributed by atoms with van der Waals surface area (Å²) in [4.78, 5) is 47.4. The maximum absolute atomic E-state index is 13.9. The number of hydrogen-bond donors (Lipinski definition) is 2. The first-order valence-corrected chi connectivity index (χ1v) is 12.8. The van der Waals surface area contributed by atoms with Crippen LogP contribution in [0, 0.1) is 0 Å². The molecular weight excluding hydrogens is 510 g/mol. The topological polar surface area (TPSA) is 131 Å². The number of imidazole rings is 1. The fraction of sp³-hybridized carbons (Fsp3) is 0.167. The van der Waals surface area contributed by atoms with Gasteiger partial charge < -0.3 is 10.2 Å². The zero-order valence-corrected chi connectivity index (χ0v) is 21.3. The lowest BCUT2D eigenvalue weighted by Gasteiger charge is -2.16. The van der Waals surface area contributed by atoms with Gasteiger partial charge in [-0.05, 0) is 66.1 Å². The lowest BCUT2D eigenvalue weighted by atomic mass is 10.0. The third-order valence-electron chi connectivity index (χ3n) is 7.28. The van der Waals surface area contributed by atoms with Crippen molar-refractivity contribution in [2.45, 2.75) is 19.0 Å². The van der Waals surface area contributed by atoms with Crippen LogP contribution in [0.15, 0.2) is 90.0 Å². The standard InChI is InChI=1S/C30H25N5O5/c36-28(37)21-5-3-19(4-6-21)20-7-9-24(10-8-20)34-26-2-1-13-32-27(26)35(30(34)40)25-12-15-33(18-25)17-23-16-22(29(38)39)11-14-31-23/h1-11,13-14,16,25H,12,15,17-18H2,(H,36,37)(H,38,39). The van der Waals surface area contributed by atoms with Crippen molar-refractivity contribution in [1.82, 2.24) is 24.0 Å². The van der Waals surface area contributed by atoms with Gasteiger partial charge in [0.05, 0.1) is 34.1 Å². The smallest absolute Gasteiger partial charge is 0.335 e. The molecule has 0 aliphatic carbocycles. The molecule has 1 fully saturated rings. The Hall–Kier alpha value is -5.09. The number of likely N-dealkylation sites (tertiary alicyclic amines) is 1. The van der Waals surface area contributed by atoms with Crippen molar-refractivity contribution in [2.24, 2.45) is 0 Å². The number of nitrogens with zero attached hydrogens (tertiary/aromatic N) is 5. The molecule has 200 valence electrons. The third-order valence-corrected chi connectivity index (χ3v) is 7.28. The summed E-state index contributed by atoms with van der Waals surface area (Å²) < 4.78 is 3.43. The Labute approximate surface area is 228 Å². The highest BCUT2D eigenvalue weighted by molar-refractivity contribution is 5.88. The molecule has 1 aliphatic rings. The van der Waals surface area contributed by atoms with E-state index in [-0.39, 0.29) is 22.9 Å². The number of aromatic carboxylic acids is 2. The van der Waals surface area contributed by atoms with E-state index in [4.69, 9.17) is 5.11 Å². The number of carboxylic acids is 2. The first kappa shape index (κ1) is 25.2. The van der Waals surface area contributed by atoms with E-state index >= 15 is 0 Å². The van der Waals surface area contributed by atoms with Gasteiger partial charge in [-0.1, -0.05) is 24.3 Å². The molecule has 40 heavy (non-hydrogen) atoms. The second kappa shape index (κ2) is 10.2. The number of pyridine rings is 2. The predicted octanol–water partition coefficient (Wildman–Crippen LogP) is 4.09. The molecular formula is C30H25N5O5. The predicted molar refractivity (Wildman–Crippen MR) is 148 cm³/mol. The summed E-state index contributed by atoms with van der Waals surface area (Å²) in [5.74, 6) is -1.96. The number of hydrogen-bond acceptors (Lipinski definition) is 6. The van der Waals surface area contributed by atoms with Crippen molar-refractivity contribution in [2.75, 3.05) is 13.1 Å². The second-order valence-corrected chi connectivity index (χ2v) is 9.78. The van der Waals surface area contributed by atoms with E-state index in [1.807, 2.05) is 36.4 Å². The van der Waals surface area contributed by atoms with Crippen molar-refractivity contribution in [3.8, 4) is 16.8 Å². The molecule has 0 saturated carbocycles. The van der Waals surface area contributed by atoms with Crippen molar-refractivity contribution >= 4 is 23.1 Å². The van der Waals surface area contributed by atoms with Gasteiger partial charge in [0, 0.05) is 32.0 Å². The fourth-order valence-electron chi connectivity index (χ4n) is 5.33. The molecule has 6 rings (SSSR count). The van der Waals surface area contributed by atoms with Crippen molar-refractivity contribution in [3.05, 3.63) is 112 Å². The number of aromatic nitrogens is 4. The van der Waals surface area contributed by atoms with E-state index in [1.54, 1.807) is 45.7 Å². The van der Waals surface area contributed by atoms with Gasteiger partial charge in [0.15, 0.2) is 5.65 Å². The van der Waals surface area contributed by atoms with Gasteiger partial charge >= 0.3 is 17.6 Å². The molecule has 0 spiro atoms. The first-order valence-electron chi connectivity index (χ1n) is 12.8. The summed E-state index contributed by atoms with van der Waals surface area (Å²) in [5, 5.41) is 18.4. The normalized spacial score (nSPS) is 15.4. The van der Waals surface area contributed by atoms with E-state index in [0.717, 1.165) is 24.1 Å². The average Bonchev–Trinajstić information content (AvgIpc) is 3.54. The Morgan fingerprint density at radius 1 is 0.850 bits per heavy atom. The Kier molecular flexibility index (Phi) is 6.45. The molecule has 1 atom stereocenters. The fourth-order valence-corrected chi connectivity index (χ4v) is 5.33. The molecule has 1 saturated heterocycles. The quantitative estimate of drug-likeness (QED) is 0.319. The Morgan fingerprint density at radius 3 is 2.25 bits per heavy atom. The number of rotatable bonds is 7. The number of fused-ring (bicyclic) bond motifs is 1. The van der Waals surface area contributed by atoms with Gasteiger partial charge in [-0.3, -0.25) is 19.0 Å². The second-order valence-electron chi connectivity index (χ2n) is 9.78. The van der Waals surface area contributed by atoms with Gasteiger partial charge in [0.25, 0.3) is 0 Å². The molecule has 0 bridgehead atoms. The molecule has 0 amide bonds. The van der Waals surface area contributed by atoms with Crippen LogP contribution in [0.5, 0.6) is 0 Å². The molecule has 1 unspecified atom stereocenters. The lowest BCUT2D eigenvalue weighted by molar-refractivity contribution is 0.0686. The van der Waals surface area contributed by atoms with Crippen molar-refractivity contribution in [1.29, 1.82) is 0 Å². The van der Waals surface area contributed by atoms with Gasteiger partial charge in [-0.2, -0.15) is 0 Å². The molecule has 10 heteroatoms. The van der Waals surface area contributed by atoms with Crippen LogP contribution in [-0.4, -0.2) is 59.2 Å². The maximum atomic E-state index is 13.9. The lowest BCUT2D eigenvalue weighted by Crippen LogP contribution is -2.29. The minimum absolute atomic E-state index is 0.0965. The largest absolute Gasteiger partial charge is 0.478 e. The van der Waals surface area contributed by atoms with Crippen LogP contribution in [-0.2, 0) is 6.54 Å². The van der Waals surface area contributed by atoms with E-state index in [1.165, 1.54) is 12.3 Å². The van der Waals surface area contributed by atoms with Crippen LogP contribution in [0.4, 0.5) is 0 Å². The van der Waals surface area contributed by atoms with Crippen LogP contribution in [0.2, 0.25) is 0 Å². The van der Waals surface area contributed by atoms with Gasteiger partial charge in [-0.25, -0.2) is 19.4 Å². The van der Waals surface area contributed by atoms with Crippen LogP contribution in [0.1, 0.15) is 38.9 Å². The van der Waals surface area contributed by atoms with E-state index < -0.39 is 11.9 Å².